The van der Waals surface area contributed by atoms with Gasteiger partial charge in [0.2, 0.25) is 0 Å². The number of hydrogen-bond acceptors (Lipinski definition) is 4. The standard InChI is InChI=1S/C23H38N4O2/c1-4-24-23(27-16-12-19(13-17-27)29-5-2)25-18-21(26-14-8-9-15-26)20-10-6-7-11-22(20)28-3/h6-7,10-11,19,21H,4-5,8-9,12-18H2,1-3H3,(H,24,25). The Morgan fingerprint density at radius 2 is 1.86 bits per heavy atom. The molecule has 0 radical (unpaired) electrons. The SMILES string of the molecule is CCNC(=NCC(c1ccccc1OC)N1CCCC1)N1CCC(OCC)CC1. The van der Waals surface area contributed by atoms with Gasteiger partial charge in [0.15, 0.2) is 5.96 Å². The molecular weight excluding hydrogens is 364 g/mol. The number of hydrogen-bond donors (Lipinski definition) is 1. The molecule has 1 unspecified atom stereocenters. The highest BCUT2D eigenvalue weighted by Gasteiger charge is 2.27. The summed E-state index contributed by atoms with van der Waals surface area (Å²) in [6.07, 6.45) is 5.06. The van der Waals surface area contributed by atoms with E-state index in [0.717, 1.165) is 70.4 Å². The van der Waals surface area contributed by atoms with Gasteiger partial charge in [-0.05, 0) is 58.7 Å². The van der Waals surface area contributed by atoms with Gasteiger partial charge in [0, 0.05) is 31.8 Å². The quantitative estimate of drug-likeness (QED) is 0.534. The molecule has 0 aliphatic carbocycles. The van der Waals surface area contributed by atoms with Crippen LogP contribution in [-0.4, -0.2) is 74.8 Å². The van der Waals surface area contributed by atoms with Gasteiger partial charge in [0.25, 0.3) is 0 Å². The first kappa shape index (κ1) is 21.9. The van der Waals surface area contributed by atoms with Gasteiger partial charge in [0.1, 0.15) is 5.75 Å². The maximum atomic E-state index is 5.81. The zero-order valence-corrected chi connectivity index (χ0v) is 18.4. The van der Waals surface area contributed by atoms with E-state index in [1.807, 2.05) is 6.07 Å². The van der Waals surface area contributed by atoms with Crippen LogP contribution >= 0.6 is 0 Å². The summed E-state index contributed by atoms with van der Waals surface area (Å²) in [7, 11) is 1.76. The molecule has 2 aliphatic rings. The smallest absolute Gasteiger partial charge is 0.193 e. The number of ether oxygens (including phenoxy) is 2. The fraction of sp³-hybridized carbons (Fsp3) is 0.696. The summed E-state index contributed by atoms with van der Waals surface area (Å²) in [5.41, 5.74) is 1.24. The number of guanidine groups is 1. The maximum absolute atomic E-state index is 5.81. The molecule has 0 spiro atoms. The average Bonchev–Trinajstić information content (AvgIpc) is 3.29. The number of para-hydroxylation sites is 1. The topological polar surface area (TPSA) is 49.3 Å². The van der Waals surface area contributed by atoms with Gasteiger partial charge in [-0.1, -0.05) is 18.2 Å². The second kappa shape index (κ2) is 11.4. The van der Waals surface area contributed by atoms with Crippen molar-refractivity contribution >= 4 is 5.96 Å². The molecule has 0 amide bonds. The molecule has 1 atom stereocenters. The summed E-state index contributed by atoms with van der Waals surface area (Å²) in [6, 6.07) is 8.65. The number of aliphatic imine (C=N–C) groups is 1. The number of methoxy groups -OCH3 is 1. The van der Waals surface area contributed by atoms with Crippen molar-refractivity contribution in [1.29, 1.82) is 0 Å². The molecule has 2 aliphatic heterocycles. The summed E-state index contributed by atoms with van der Waals surface area (Å²) >= 11 is 0. The van der Waals surface area contributed by atoms with E-state index in [-0.39, 0.29) is 6.04 Å². The molecule has 2 saturated heterocycles. The van der Waals surface area contributed by atoms with Crippen LogP contribution in [0.25, 0.3) is 0 Å². The number of rotatable bonds is 8. The molecule has 0 saturated carbocycles. The Hall–Kier alpha value is -1.79. The van der Waals surface area contributed by atoms with Crippen LogP contribution in [0.1, 0.15) is 51.1 Å². The zero-order valence-electron chi connectivity index (χ0n) is 18.4. The van der Waals surface area contributed by atoms with Gasteiger partial charge in [0.05, 0.1) is 25.8 Å². The Morgan fingerprint density at radius 3 is 2.52 bits per heavy atom. The van der Waals surface area contributed by atoms with Gasteiger partial charge in [-0.2, -0.15) is 0 Å². The highest BCUT2D eigenvalue weighted by molar-refractivity contribution is 5.80. The Bertz CT molecular complexity index is 638. The van der Waals surface area contributed by atoms with Crippen LogP contribution in [0.3, 0.4) is 0 Å². The van der Waals surface area contributed by atoms with Crippen molar-refractivity contribution in [3.63, 3.8) is 0 Å². The Kier molecular flexibility index (Phi) is 8.62. The van der Waals surface area contributed by atoms with Crippen LogP contribution in [0.5, 0.6) is 5.75 Å². The van der Waals surface area contributed by atoms with Crippen LogP contribution < -0.4 is 10.1 Å². The van der Waals surface area contributed by atoms with E-state index >= 15 is 0 Å². The molecule has 2 heterocycles. The van der Waals surface area contributed by atoms with Crippen LogP contribution in [-0.2, 0) is 4.74 Å². The first-order chi connectivity index (χ1) is 14.3. The molecular formula is C23H38N4O2. The van der Waals surface area contributed by atoms with Crippen LogP contribution in [0.2, 0.25) is 0 Å². The van der Waals surface area contributed by atoms with Crippen molar-refractivity contribution in [3.05, 3.63) is 29.8 Å². The number of nitrogens with one attached hydrogen (secondary N) is 1. The third kappa shape index (κ3) is 5.86. The van der Waals surface area contributed by atoms with Crippen molar-refractivity contribution in [2.45, 2.75) is 51.7 Å². The highest BCUT2D eigenvalue weighted by atomic mass is 16.5. The van der Waals surface area contributed by atoms with E-state index in [1.54, 1.807) is 7.11 Å². The predicted molar refractivity (Wildman–Crippen MR) is 119 cm³/mol. The second-order valence-corrected chi connectivity index (χ2v) is 7.84. The van der Waals surface area contributed by atoms with E-state index in [9.17, 15) is 0 Å². The molecule has 6 nitrogen and oxygen atoms in total. The van der Waals surface area contributed by atoms with E-state index in [0.29, 0.717) is 6.10 Å². The van der Waals surface area contributed by atoms with Crippen LogP contribution in [0.15, 0.2) is 29.3 Å². The van der Waals surface area contributed by atoms with E-state index in [1.165, 1.54) is 18.4 Å². The van der Waals surface area contributed by atoms with Gasteiger partial charge >= 0.3 is 0 Å². The highest BCUT2D eigenvalue weighted by Crippen LogP contribution is 2.32. The summed E-state index contributed by atoms with van der Waals surface area (Å²) < 4.78 is 11.5. The fourth-order valence-electron chi connectivity index (χ4n) is 4.47. The van der Waals surface area contributed by atoms with Gasteiger partial charge in [-0.3, -0.25) is 9.89 Å². The molecule has 6 heteroatoms. The summed E-state index contributed by atoms with van der Waals surface area (Å²) in [5, 5.41) is 3.51. The minimum atomic E-state index is 0.253. The molecule has 0 aromatic heterocycles. The number of nitrogens with zero attached hydrogens (tertiary/aromatic N) is 3. The van der Waals surface area contributed by atoms with Crippen molar-refractivity contribution in [2.75, 3.05) is 53.0 Å². The molecule has 1 N–H and O–H groups in total. The van der Waals surface area contributed by atoms with E-state index < -0.39 is 0 Å². The van der Waals surface area contributed by atoms with Crippen molar-refractivity contribution in [1.82, 2.24) is 15.1 Å². The number of likely N-dealkylation sites (tertiary alicyclic amines) is 2. The Labute approximate surface area is 176 Å². The van der Waals surface area contributed by atoms with Crippen molar-refractivity contribution < 1.29 is 9.47 Å². The van der Waals surface area contributed by atoms with E-state index in [2.05, 4.69) is 47.2 Å². The minimum Gasteiger partial charge on any atom is -0.496 e. The van der Waals surface area contributed by atoms with Gasteiger partial charge < -0.3 is 19.7 Å². The van der Waals surface area contributed by atoms with Crippen LogP contribution in [0, 0.1) is 0 Å². The summed E-state index contributed by atoms with van der Waals surface area (Å²) in [5.74, 6) is 1.99. The normalized spacial score (nSPS) is 20.1. The minimum absolute atomic E-state index is 0.253. The Morgan fingerprint density at radius 1 is 1.14 bits per heavy atom. The third-order valence-corrected chi connectivity index (χ3v) is 5.97. The maximum Gasteiger partial charge on any atom is 0.193 e. The number of benzene rings is 1. The summed E-state index contributed by atoms with van der Waals surface area (Å²) in [6.45, 7) is 10.9. The lowest BCUT2D eigenvalue weighted by atomic mass is 10.0. The predicted octanol–water partition coefficient (Wildman–Crippen LogP) is 3.30. The largest absolute Gasteiger partial charge is 0.496 e. The number of piperidine rings is 1. The molecule has 0 bridgehead atoms. The molecule has 1 aromatic carbocycles. The van der Waals surface area contributed by atoms with Gasteiger partial charge in [-0.25, -0.2) is 0 Å². The van der Waals surface area contributed by atoms with Crippen molar-refractivity contribution in [2.24, 2.45) is 4.99 Å². The summed E-state index contributed by atoms with van der Waals surface area (Å²) in [4.78, 5) is 10.1. The van der Waals surface area contributed by atoms with Gasteiger partial charge in [-0.15, -0.1) is 0 Å². The van der Waals surface area contributed by atoms with Crippen molar-refractivity contribution in [3.8, 4) is 5.75 Å². The lowest BCUT2D eigenvalue weighted by Crippen LogP contribution is -2.47. The third-order valence-electron chi connectivity index (χ3n) is 5.97. The monoisotopic (exact) mass is 402 g/mol. The molecule has 2 fully saturated rings. The first-order valence-corrected chi connectivity index (χ1v) is 11.3. The molecule has 1 aromatic rings. The van der Waals surface area contributed by atoms with Crippen LogP contribution in [0.4, 0.5) is 0 Å². The first-order valence-electron chi connectivity index (χ1n) is 11.3. The average molecular weight is 403 g/mol. The Balaban J connectivity index is 1.75. The lowest BCUT2D eigenvalue weighted by Gasteiger charge is -2.34. The van der Waals surface area contributed by atoms with E-state index in [4.69, 9.17) is 14.5 Å². The second-order valence-electron chi connectivity index (χ2n) is 7.84. The zero-order chi connectivity index (χ0) is 20.5. The molecule has 29 heavy (non-hydrogen) atoms. The molecule has 3 rings (SSSR count). The fourth-order valence-corrected chi connectivity index (χ4v) is 4.47. The molecule has 162 valence electrons. The lowest BCUT2D eigenvalue weighted by molar-refractivity contribution is 0.0263.